The molecule has 0 aliphatic heterocycles. The molecule has 0 saturated carbocycles. The summed E-state index contributed by atoms with van der Waals surface area (Å²) >= 11 is 0. The summed E-state index contributed by atoms with van der Waals surface area (Å²) in [5.41, 5.74) is 0.733. The van der Waals surface area contributed by atoms with Gasteiger partial charge in [0.2, 0.25) is 0 Å². The topological polar surface area (TPSA) is 106 Å². The molecule has 0 radical (unpaired) electrons. The maximum absolute atomic E-state index is 11.7. The van der Waals surface area contributed by atoms with Gasteiger partial charge in [0.15, 0.2) is 0 Å². The Morgan fingerprint density at radius 2 is 1.56 bits per heavy atom. The zero-order valence-corrected chi connectivity index (χ0v) is 15.0. The van der Waals surface area contributed by atoms with Gasteiger partial charge in [0.25, 0.3) is 0 Å². The summed E-state index contributed by atoms with van der Waals surface area (Å²) in [4.78, 5) is 34.4. The second-order valence-corrected chi connectivity index (χ2v) is 6.23. The van der Waals surface area contributed by atoms with Crippen LogP contribution < -0.4 is 16.0 Å². The Hall–Kier alpha value is -2.77. The van der Waals surface area contributed by atoms with E-state index in [-0.39, 0.29) is 19.1 Å². The van der Waals surface area contributed by atoms with Crippen LogP contribution in [-0.2, 0) is 16.0 Å². The van der Waals surface area contributed by atoms with E-state index in [9.17, 15) is 14.4 Å². The summed E-state index contributed by atoms with van der Waals surface area (Å²) in [7, 11) is 1.32. The largest absolute Gasteiger partial charge is 0.465 e. The number of ether oxygens (including phenoxy) is 2. The Balaban J connectivity index is 2.22. The molecule has 0 atom stereocenters. The van der Waals surface area contributed by atoms with Crippen LogP contribution in [0.25, 0.3) is 0 Å². The van der Waals surface area contributed by atoms with Crippen molar-refractivity contribution in [3.8, 4) is 0 Å². The van der Waals surface area contributed by atoms with Crippen molar-refractivity contribution in [3.63, 3.8) is 0 Å². The minimum atomic E-state index is -0.557. The molecule has 0 saturated heterocycles. The second-order valence-electron chi connectivity index (χ2n) is 6.23. The lowest BCUT2D eigenvalue weighted by molar-refractivity contribution is 0.0527. The molecule has 0 spiro atoms. The first kappa shape index (κ1) is 20.3. The van der Waals surface area contributed by atoms with Crippen LogP contribution in [0.1, 0.15) is 36.7 Å². The summed E-state index contributed by atoms with van der Waals surface area (Å²) in [6.45, 7) is 6.16. The lowest BCUT2D eigenvalue weighted by atomic mass is 10.1. The molecular formula is C17H25N3O5. The number of urea groups is 1. The number of hydrogen-bond donors (Lipinski definition) is 3. The highest BCUT2D eigenvalue weighted by molar-refractivity contribution is 5.89. The van der Waals surface area contributed by atoms with Crippen LogP contribution in [0.3, 0.4) is 0 Å². The molecule has 0 bridgehead atoms. The van der Waals surface area contributed by atoms with E-state index in [2.05, 4.69) is 20.7 Å². The smallest absolute Gasteiger partial charge is 0.407 e. The van der Waals surface area contributed by atoms with Crippen molar-refractivity contribution >= 4 is 18.1 Å². The minimum absolute atomic E-state index is 0.260. The number of carbonyl (C=O) groups excluding carboxylic acids is 3. The SMILES string of the molecule is COC(=O)c1ccc(CNC(=O)NCCNC(=O)OC(C)(C)C)cc1. The highest BCUT2D eigenvalue weighted by Gasteiger charge is 2.15. The highest BCUT2D eigenvalue weighted by atomic mass is 16.6. The van der Waals surface area contributed by atoms with Gasteiger partial charge in [-0.1, -0.05) is 12.1 Å². The maximum atomic E-state index is 11.7. The number of benzene rings is 1. The molecule has 0 aliphatic rings. The molecule has 0 fully saturated rings. The van der Waals surface area contributed by atoms with E-state index in [1.54, 1.807) is 45.0 Å². The fourth-order valence-electron chi connectivity index (χ4n) is 1.78. The third-order valence-corrected chi connectivity index (χ3v) is 2.91. The van der Waals surface area contributed by atoms with Crippen LogP contribution in [0, 0.1) is 0 Å². The third kappa shape index (κ3) is 8.59. The number of nitrogens with one attached hydrogen (secondary N) is 3. The van der Waals surface area contributed by atoms with E-state index in [4.69, 9.17) is 4.74 Å². The van der Waals surface area contributed by atoms with Gasteiger partial charge >= 0.3 is 18.1 Å². The quantitative estimate of drug-likeness (QED) is 0.535. The number of carbonyl (C=O) groups is 3. The summed E-state index contributed by atoms with van der Waals surface area (Å²) in [6, 6.07) is 6.37. The number of methoxy groups -OCH3 is 1. The van der Waals surface area contributed by atoms with Crippen molar-refractivity contribution in [1.29, 1.82) is 0 Å². The first-order valence-electron chi connectivity index (χ1n) is 7.87. The Morgan fingerprint density at radius 1 is 0.960 bits per heavy atom. The molecule has 1 rings (SSSR count). The predicted molar refractivity (Wildman–Crippen MR) is 92.3 cm³/mol. The Bertz CT molecular complexity index is 593. The minimum Gasteiger partial charge on any atom is -0.465 e. The summed E-state index contributed by atoms with van der Waals surface area (Å²) in [5.74, 6) is -0.408. The van der Waals surface area contributed by atoms with E-state index in [0.29, 0.717) is 12.1 Å². The number of rotatable bonds is 6. The Labute approximate surface area is 147 Å². The van der Waals surface area contributed by atoms with E-state index >= 15 is 0 Å². The van der Waals surface area contributed by atoms with Crippen LogP contribution in [-0.4, -0.2) is 43.9 Å². The van der Waals surface area contributed by atoms with Gasteiger partial charge < -0.3 is 25.4 Å². The van der Waals surface area contributed by atoms with Gasteiger partial charge in [-0.15, -0.1) is 0 Å². The first-order chi connectivity index (χ1) is 11.7. The van der Waals surface area contributed by atoms with Crippen LogP contribution in [0.2, 0.25) is 0 Å². The van der Waals surface area contributed by atoms with Crippen molar-refractivity contribution < 1.29 is 23.9 Å². The lowest BCUT2D eigenvalue weighted by Crippen LogP contribution is -2.41. The predicted octanol–water partition coefficient (Wildman–Crippen LogP) is 1.80. The molecule has 3 amide bonds. The molecule has 1 aromatic rings. The fraction of sp³-hybridized carbons (Fsp3) is 0.471. The lowest BCUT2D eigenvalue weighted by Gasteiger charge is -2.19. The normalized spacial score (nSPS) is 10.6. The molecule has 8 heteroatoms. The molecule has 0 unspecified atom stereocenters. The van der Waals surface area contributed by atoms with Gasteiger partial charge in [-0.2, -0.15) is 0 Å². The van der Waals surface area contributed by atoms with E-state index in [0.717, 1.165) is 5.56 Å². The van der Waals surface area contributed by atoms with Gasteiger partial charge in [0.1, 0.15) is 5.60 Å². The van der Waals surface area contributed by atoms with Crippen molar-refractivity contribution in [2.24, 2.45) is 0 Å². The average molecular weight is 351 g/mol. The molecule has 0 heterocycles. The number of hydrogen-bond acceptors (Lipinski definition) is 5. The monoisotopic (exact) mass is 351 g/mol. The number of amides is 3. The van der Waals surface area contributed by atoms with Crippen LogP contribution >= 0.6 is 0 Å². The Morgan fingerprint density at radius 3 is 2.12 bits per heavy atom. The number of alkyl carbamates (subject to hydrolysis) is 1. The van der Waals surface area contributed by atoms with Crippen molar-refractivity contribution in [2.45, 2.75) is 32.9 Å². The average Bonchev–Trinajstić information content (AvgIpc) is 2.55. The third-order valence-electron chi connectivity index (χ3n) is 2.91. The van der Waals surface area contributed by atoms with Crippen molar-refractivity contribution in [2.75, 3.05) is 20.2 Å². The van der Waals surface area contributed by atoms with Gasteiger partial charge in [0, 0.05) is 19.6 Å². The molecule has 1 aromatic carbocycles. The fourth-order valence-corrected chi connectivity index (χ4v) is 1.78. The van der Waals surface area contributed by atoms with Crippen molar-refractivity contribution in [1.82, 2.24) is 16.0 Å². The van der Waals surface area contributed by atoms with E-state index in [1.807, 2.05) is 0 Å². The summed E-state index contributed by atoms with van der Waals surface area (Å²) < 4.78 is 9.69. The Kier molecular flexibility index (Phi) is 7.71. The standard InChI is InChI=1S/C17H25N3O5/c1-17(2,3)25-16(23)19-10-9-18-15(22)20-11-12-5-7-13(8-6-12)14(21)24-4/h5-8H,9-11H2,1-4H3,(H,19,23)(H2,18,20,22). The summed E-state index contributed by atoms with van der Waals surface area (Å²) in [6.07, 6.45) is -0.527. The van der Waals surface area contributed by atoms with Gasteiger partial charge in [-0.05, 0) is 38.5 Å². The van der Waals surface area contributed by atoms with Crippen LogP contribution in [0.4, 0.5) is 9.59 Å². The van der Waals surface area contributed by atoms with Gasteiger partial charge in [-0.25, -0.2) is 14.4 Å². The van der Waals surface area contributed by atoms with Crippen LogP contribution in [0.15, 0.2) is 24.3 Å². The molecule has 0 aromatic heterocycles. The molecule has 3 N–H and O–H groups in total. The molecule has 0 aliphatic carbocycles. The van der Waals surface area contributed by atoms with Crippen LogP contribution in [0.5, 0.6) is 0 Å². The zero-order valence-electron chi connectivity index (χ0n) is 15.0. The van der Waals surface area contributed by atoms with E-state index in [1.165, 1.54) is 7.11 Å². The van der Waals surface area contributed by atoms with Gasteiger partial charge in [0.05, 0.1) is 12.7 Å². The highest BCUT2D eigenvalue weighted by Crippen LogP contribution is 2.06. The first-order valence-corrected chi connectivity index (χ1v) is 7.87. The molecule has 25 heavy (non-hydrogen) atoms. The maximum Gasteiger partial charge on any atom is 0.407 e. The van der Waals surface area contributed by atoms with Gasteiger partial charge in [-0.3, -0.25) is 0 Å². The molecule has 138 valence electrons. The van der Waals surface area contributed by atoms with E-state index < -0.39 is 17.7 Å². The second kappa shape index (κ2) is 9.51. The number of esters is 1. The summed E-state index contributed by atoms with van der Waals surface area (Å²) in [5, 5.41) is 7.84. The van der Waals surface area contributed by atoms with Crippen molar-refractivity contribution in [3.05, 3.63) is 35.4 Å². The zero-order chi connectivity index (χ0) is 18.9. The molecular weight excluding hydrogens is 326 g/mol. The molecule has 8 nitrogen and oxygen atoms in total.